The Morgan fingerprint density at radius 1 is 1.00 bits per heavy atom. The third-order valence-corrected chi connectivity index (χ3v) is 4.24. The predicted molar refractivity (Wildman–Crippen MR) is 89.5 cm³/mol. The van der Waals surface area contributed by atoms with Crippen LogP contribution < -0.4 is 11.5 Å². The molecule has 2 aromatic carbocycles. The first kappa shape index (κ1) is 14.0. The highest BCUT2D eigenvalue weighted by Gasteiger charge is 2.27. The lowest BCUT2D eigenvalue weighted by Crippen LogP contribution is -2.03. The molecule has 0 atom stereocenters. The normalized spacial score (nSPS) is 12.1. The van der Waals surface area contributed by atoms with Crippen molar-refractivity contribution in [2.75, 3.05) is 11.5 Å². The minimum atomic E-state index is -0.380. The Hall–Kier alpha value is -2.66. The van der Waals surface area contributed by atoms with Gasteiger partial charge in [-0.3, -0.25) is 0 Å². The standard InChI is InChI=1S/C17H12ClFN4/c18-9-4-5-10(12(19)7-9)11-3-1-2-8-6-13-15(14(8)11)16(20)23-17(21)22-13/h1-5,7H,6H2,(H4,20,21,22,23). The van der Waals surface area contributed by atoms with Crippen LogP contribution in [-0.4, -0.2) is 9.97 Å². The highest BCUT2D eigenvalue weighted by molar-refractivity contribution is 6.30. The lowest BCUT2D eigenvalue weighted by atomic mass is 9.94. The number of nitrogens with two attached hydrogens (primary N) is 2. The highest BCUT2D eigenvalue weighted by Crippen LogP contribution is 2.45. The predicted octanol–water partition coefficient (Wildman–Crippen LogP) is 3.67. The molecule has 0 bridgehead atoms. The molecule has 6 heteroatoms. The van der Waals surface area contributed by atoms with Crippen molar-refractivity contribution in [3.63, 3.8) is 0 Å². The Bertz CT molecular complexity index is 956. The van der Waals surface area contributed by atoms with E-state index in [0.29, 0.717) is 22.8 Å². The topological polar surface area (TPSA) is 77.8 Å². The van der Waals surface area contributed by atoms with Gasteiger partial charge in [-0.05, 0) is 34.9 Å². The van der Waals surface area contributed by atoms with Gasteiger partial charge in [-0.1, -0.05) is 29.8 Å². The van der Waals surface area contributed by atoms with Gasteiger partial charge in [0.05, 0.1) is 5.69 Å². The minimum Gasteiger partial charge on any atom is -0.383 e. The third kappa shape index (κ3) is 2.12. The summed E-state index contributed by atoms with van der Waals surface area (Å²) in [6, 6.07) is 10.4. The Kier molecular flexibility index (Phi) is 2.99. The van der Waals surface area contributed by atoms with Crippen molar-refractivity contribution in [3.05, 3.63) is 58.5 Å². The van der Waals surface area contributed by atoms with E-state index in [-0.39, 0.29) is 11.8 Å². The number of hydrogen-bond acceptors (Lipinski definition) is 4. The van der Waals surface area contributed by atoms with Gasteiger partial charge < -0.3 is 11.5 Å². The summed E-state index contributed by atoms with van der Waals surface area (Å²) in [6.45, 7) is 0. The van der Waals surface area contributed by atoms with E-state index in [1.807, 2.05) is 18.2 Å². The molecule has 1 aliphatic rings. The van der Waals surface area contributed by atoms with Crippen LogP contribution in [0.2, 0.25) is 5.02 Å². The van der Waals surface area contributed by atoms with Crippen molar-refractivity contribution in [1.29, 1.82) is 0 Å². The lowest BCUT2D eigenvalue weighted by molar-refractivity contribution is 0.631. The van der Waals surface area contributed by atoms with Crippen LogP contribution in [-0.2, 0) is 6.42 Å². The first-order valence-corrected chi connectivity index (χ1v) is 7.42. The zero-order chi connectivity index (χ0) is 16.1. The zero-order valence-electron chi connectivity index (χ0n) is 12.0. The van der Waals surface area contributed by atoms with E-state index >= 15 is 0 Å². The van der Waals surface area contributed by atoms with Gasteiger partial charge in [-0.2, -0.15) is 4.98 Å². The number of hydrogen-bond donors (Lipinski definition) is 2. The van der Waals surface area contributed by atoms with Crippen molar-refractivity contribution in [3.8, 4) is 22.3 Å². The Labute approximate surface area is 136 Å². The fraction of sp³-hybridized carbons (Fsp3) is 0.0588. The molecule has 0 fully saturated rings. The van der Waals surface area contributed by atoms with Gasteiger partial charge >= 0.3 is 0 Å². The van der Waals surface area contributed by atoms with Gasteiger partial charge in [0.1, 0.15) is 11.6 Å². The summed E-state index contributed by atoms with van der Waals surface area (Å²) in [5, 5.41) is 0.356. The van der Waals surface area contributed by atoms with Gasteiger partial charge in [0, 0.05) is 22.6 Å². The van der Waals surface area contributed by atoms with Crippen molar-refractivity contribution < 1.29 is 4.39 Å². The van der Waals surface area contributed by atoms with E-state index in [9.17, 15) is 4.39 Å². The van der Waals surface area contributed by atoms with E-state index in [0.717, 1.165) is 27.9 Å². The molecule has 3 aromatic rings. The van der Waals surface area contributed by atoms with E-state index in [4.69, 9.17) is 23.1 Å². The summed E-state index contributed by atoms with van der Waals surface area (Å²) in [5.74, 6) is 0.0793. The molecule has 0 unspecified atom stereocenters. The average Bonchev–Trinajstić information content (AvgIpc) is 2.85. The van der Waals surface area contributed by atoms with Crippen LogP contribution in [0.1, 0.15) is 11.3 Å². The molecule has 4 N–H and O–H groups in total. The number of nitrogens with zero attached hydrogens (tertiary/aromatic N) is 2. The molecule has 0 saturated carbocycles. The van der Waals surface area contributed by atoms with Gasteiger partial charge in [0.15, 0.2) is 0 Å². The first-order chi connectivity index (χ1) is 11.0. The molecule has 23 heavy (non-hydrogen) atoms. The first-order valence-electron chi connectivity index (χ1n) is 7.04. The van der Waals surface area contributed by atoms with Gasteiger partial charge in [0.25, 0.3) is 0 Å². The molecule has 0 radical (unpaired) electrons. The maximum absolute atomic E-state index is 14.4. The van der Waals surface area contributed by atoms with Crippen LogP contribution in [0.4, 0.5) is 16.2 Å². The van der Waals surface area contributed by atoms with Crippen molar-refractivity contribution in [1.82, 2.24) is 9.97 Å². The van der Waals surface area contributed by atoms with Crippen LogP contribution in [0.3, 0.4) is 0 Å². The molecule has 0 amide bonds. The van der Waals surface area contributed by atoms with Crippen LogP contribution in [0.15, 0.2) is 36.4 Å². The van der Waals surface area contributed by atoms with Crippen LogP contribution in [0.25, 0.3) is 22.3 Å². The van der Waals surface area contributed by atoms with E-state index in [2.05, 4.69) is 9.97 Å². The molecule has 4 rings (SSSR count). The van der Waals surface area contributed by atoms with Gasteiger partial charge in [0.2, 0.25) is 5.95 Å². The summed E-state index contributed by atoms with van der Waals surface area (Å²) in [6.07, 6.45) is 0.602. The number of halogens is 2. The molecule has 0 spiro atoms. The van der Waals surface area contributed by atoms with Crippen molar-refractivity contribution >= 4 is 23.4 Å². The Balaban J connectivity index is 2.02. The fourth-order valence-electron chi connectivity index (χ4n) is 3.10. The summed E-state index contributed by atoms with van der Waals surface area (Å²) in [4.78, 5) is 8.32. The molecule has 0 aliphatic heterocycles. The Morgan fingerprint density at radius 3 is 2.61 bits per heavy atom. The highest BCUT2D eigenvalue weighted by atomic mass is 35.5. The Morgan fingerprint density at radius 2 is 1.83 bits per heavy atom. The second-order valence-electron chi connectivity index (χ2n) is 5.43. The SMILES string of the molecule is Nc1nc(N)c2c(n1)Cc1cccc(-c3ccc(Cl)cc3F)c1-2. The molecular formula is C17H12ClFN4. The minimum absolute atomic E-state index is 0.147. The summed E-state index contributed by atoms with van der Waals surface area (Å²) in [5.41, 5.74) is 16.3. The molecule has 114 valence electrons. The second-order valence-corrected chi connectivity index (χ2v) is 5.87. The van der Waals surface area contributed by atoms with E-state index < -0.39 is 0 Å². The maximum Gasteiger partial charge on any atom is 0.222 e. The average molecular weight is 327 g/mol. The quantitative estimate of drug-likeness (QED) is 0.559. The van der Waals surface area contributed by atoms with Gasteiger partial charge in [-0.15, -0.1) is 0 Å². The third-order valence-electron chi connectivity index (χ3n) is 4.01. The van der Waals surface area contributed by atoms with Crippen LogP contribution in [0.5, 0.6) is 0 Å². The zero-order valence-corrected chi connectivity index (χ0v) is 12.7. The largest absolute Gasteiger partial charge is 0.383 e. The molecule has 4 nitrogen and oxygen atoms in total. The number of aromatic nitrogens is 2. The van der Waals surface area contributed by atoms with Crippen LogP contribution >= 0.6 is 11.6 Å². The summed E-state index contributed by atoms with van der Waals surface area (Å²) >= 11 is 5.85. The number of nitrogen functional groups attached to an aromatic ring is 2. The van der Waals surface area contributed by atoms with Crippen molar-refractivity contribution in [2.45, 2.75) is 6.42 Å². The van der Waals surface area contributed by atoms with E-state index in [1.54, 1.807) is 12.1 Å². The number of rotatable bonds is 1. The summed E-state index contributed by atoms with van der Waals surface area (Å²) < 4.78 is 14.4. The smallest absolute Gasteiger partial charge is 0.222 e. The van der Waals surface area contributed by atoms with Crippen LogP contribution in [0, 0.1) is 5.82 Å². The fourth-order valence-corrected chi connectivity index (χ4v) is 3.26. The molecule has 0 saturated heterocycles. The molecule has 1 aliphatic carbocycles. The van der Waals surface area contributed by atoms with Crippen molar-refractivity contribution in [2.24, 2.45) is 0 Å². The number of anilines is 2. The van der Waals surface area contributed by atoms with Gasteiger partial charge in [-0.25, -0.2) is 9.37 Å². The number of fused-ring (bicyclic) bond motifs is 3. The van der Waals surface area contributed by atoms with E-state index in [1.165, 1.54) is 6.07 Å². The molecule has 1 aromatic heterocycles. The summed E-state index contributed by atoms with van der Waals surface area (Å²) in [7, 11) is 0. The maximum atomic E-state index is 14.4. The lowest BCUT2D eigenvalue weighted by Gasteiger charge is -2.12. The second kappa shape index (κ2) is 4.93. The monoisotopic (exact) mass is 326 g/mol. The molecular weight excluding hydrogens is 315 g/mol. The number of benzene rings is 2. The molecule has 1 heterocycles.